The summed E-state index contributed by atoms with van der Waals surface area (Å²) < 4.78 is 7.03. The molecule has 0 unspecified atom stereocenters. The lowest BCUT2D eigenvalue weighted by Gasteiger charge is -2.13. The Kier molecular flexibility index (Phi) is 8.01. The van der Waals surface area contributed by atoms with Gasteiger partial charge in [-0.05, 0) is 75.8 Å². The van der Waals surface area contributed by atoms with Gasteiger partial charge in [-0.15, -0.1) is 11.3 Å². The summed E-state index contributed by atoms with van der Waals surface area (Å²) in [5.74, 6) is 1.70. The fraction of sp³-hybridized carbons (Fsp3) is 0. The zero-order valence-electron chi connectivity index (χ0n) is 33.9. The molecule has 13 aromatic rings. The molecule has 0 aliphatic carbocycles. The largest absolute Gasteiger partial charge is 0.278 e. The van der Waals surface area contributed by atoms with Crippen molar-refractivity contribution in [3.8, 4) is 56.7 Å². The smallest absolute Gasteiger partial charge is 0.240 e. The lowest BCUT2D eigenvalue weighted by molar-refractivity contribution is 0.893. The van der Waals surface area contributed by atoms with Crippen molar-refractivity contribution in [1.29, 1.82) is 0 Å². The molecule has 13 rings (SSSR count). The van der Waals surface area contributed by atoms with Crippen LogP contribution in [0.3, 0.4) is 0 Å². The van der Waals surface area contributed by atoms with Crippen LogP contribution in [0, 0.1) is 0 Å². The molecule has 0 N–H and O–H groups in total. The highest BCUT2D eigenvalue weighted by atomic mass is 32.1. The molecule has 63 heavy (non-hydrogen) atoms. The maximum absolute atomic E-state index is 5.47. The minimum atomic E-state index is 0.551. The lowest BCUT2D eigenvalue weighted by atomic mass is 10.0. The predicted octanol–water partition coefficient (Wildman–Crippen LogP) is 15.1. The summed E-state index contributed by atoms with van der Waals surface area (Å²) >= 11 is 1.84. The number of benzene rings is 9. The third-order valence-corrected chi connectivity index (χ3v) is 13.6. The van der Waals surface area contributed by atoms with Crippen molar-refractivity contribution in [1.82, 2.24) is 24.1 Å². The van der Waals surface area contributed by atoms with Crippen molar-refractivity contribution >= 4 is 75.1 Å². The number of aromatic nitrogens is 5. The molecule has 0 spiro atoms. The Balaban J connectivity index is 1.05. The maximum atomic E-state index is 5.47. The fourth-order valence-corrected chi connectivity index (χ4v) is 10.5. The molecule has 0 fully saturated rings. The second-order valence-corrected chi connectivity index (χ2v) is 17.1. The average molecular weight is 822 g/mol. The molecule has 0 atom stereocenters. The number of thiophene rings is 1. The van der Waals surface area contributed by atoms with E-state index < -0.39 is 0 Å². The van der Waals surface area contributed by atoms with E-state index in [0.29, 0.717) is 17.7 Å². The minimum absolute atomic E-state index is 0.551. The summed E-state index contributed by atoms with van der Waals surface area (Å²) in [5, 5.41) is 7.13. The van der Waals surface area contributed by atoms with Gasteiger partial charge in [-0.3, -0.25) is 9.13 Å². The molecule has 6 heteroatoms. The standard InChI is InChI=1S/C57H35N5S/c1-3-13-36(14-4-1)41-27-30-45-43-17-7-10-20-49(43)61(51(45)34-41)56-58-55(39-25-23-38(24-26-39)40-29-32-54-48(33-40)47-19-9-12-22-53(47)63-54)59-57(60-56)62-50-21-11-8-18-44(50)46-31-28-42(35-52(46)62)37-15-5-2-6-16-37/h1-35H. The van der Waals surface area contributed by atoms with Gasteiger partial charge in [0, 0.05) is 47.3 Å². The molecule has 0 saturated carbocycles. The number of hydrogen-bond donors (Lipinski definition) is 0. The first-order valence-corrected chi connectivity index (χ1v) is 22.0. The van der Waals surface area contributed by atoms with E-state index in [4.69, 9.17) is 15.0 Å². The summed E-state index contributed by atoms with van der Waals surface area (Å²) in [7, 11) is 0. The van der Waals surface area contributed by atoms with E-state index in [1.807, 2.05) is 11.3 Å². The van der Waals surface area contributed by atoms with Crippen LogP contribution in [0.25, 0.3) is 120 Å². The van der Waals surface area contributed by atoms with Crippen LogP contribution in [0.1, 0.15) is 0 Å². The number of rotatable bonds is 6. The first kappa shape index (κ1) is 35.6. The fourth-order valence-electron chi connectivity index (χ4n) is 9.39. The zero-order chi connectivity index (χ0) is 41.4. The number of fused-ring (bicyclic) bond motifs is 9. The van der Waals surface area contributed by atoms with Crippen molar-refractivity contribution in [2.24, 2.45) is 0 Å². The van der Waals surface area contributed by atoms with Crippen molar-refractivity contribution in [3.63, 3.8) is 0 Å². The van der Waals surface area contributed by atoms with E-state index in [0.717, 1.165) is 77.0 Å². The van der Waals surface area contributed by atoms with Gasteiger partial charge in [0.25, 0.3) is 0 Å². The van der Waals surface area contributed by atoms with Gasteiger partial charge in [-0.1, -0.05) is 170 Å². The Morgan fingerprint density at radius 2 is 0.683 bits per heavy atom. The van der Waals surface area contributed by atoms with Crippen LogP contribution in [-0.2, 0) is 0 Å². The van der Waals surface area contributed by atoms with Crippen LogP contribution in [0.2, 0.25) is 0 Å². The molecule has 5 nitrogen and oxygen atoms in total. The van der Waals surface area contributed by atoms with E-state index in [1.165, 1.54) is 25.7 Å². The molecular formula is C57H35N5S. The maximum Gasteiger partial charge on any atom is 0.240 e. The van der Waals surface area contributed by atoms with Gasteiger partial charge < -0.3 is 0 Å². The van der Waals surface area contributed by atoms with Gasteiger partial charge in [0.15, 0.2) is 5.82 Å². The van der Waals surface area contributed by atoms with Crippen LogP contribution in [-0.4, -0.2) is 24.1 Å². The second-order valence-electron chi connectivity index (χ2n) is 16.0. The quantitative estimate of drug-likeness (QED) is 0.168. The molecule has 0 saturated heterocycles. The third-order valence-electron chi connectivity index (χ3n) is 12.4. The average Bonchev–Trinajstić information content (AvgIpc) is 4.01. The highest BCUT2D eigenvalue weighted by Crippen LogP contribution is 2.39. The molecule has 4 aromatic heterocycles. The van der Waals surface area contributed by atoms with Gasteiger partial charge in [0.2, 0.25) is 11.9 Å². The van der Waals surface area contributed by atoms with Crippen molar-refractivity contribution in [2.45, 2.75) is 0 Å². The Morgan fingerprint density at radius 3 is 1.27 bits per heavy atom. The van der Waals surface area contributed by atoms with Crippen LogP contribution >= 0.6 is 11.3 Å². The normalized spacial score (nSPS) is 11.8. The molecular weight excluding hydrogens is 787 g/mol. The predicted molar refractivity (Wildman–Crippen MR) is 263 cm³/mol. The van der Waals surface area contributed by atoms with Crippen LogP contribution in [0.4, 0.5) is 0 Å². The van der Waals surface area contributed by atoms with Crippen molar-refractivity contribution in [3.05, 3.63) is 212 Å². The van der Waals surface area contributed by atoms with Gasteiger partial charge in [-0.2, -0.15) is 15.0 Å². The van der Waals surface area contributed by atoms with E-state index in [2.05, 4.69) is 221 Å². The van der Waals surface area contributed by atoms with Gasteiger partial charge in [0.05, 0.1) is 22.1 Å². The number of para-hydroxylation sites is 2. The first-order valence-electron chi connectivity index (χ1n) is 21.2. The highest BCUT2D eigenvalue weighted by molar-refractivity contribution is 7.25. The Hall–Kier alpha value is -8.19. The number of hydrogen-bond acceptors (Lipinski definition) is 4. The SMILES string of the molecule is c1ccc(-c2ccc3c4ccccc4n(-c4nc(-c5ccc(-c6ccc7sc8ccccc8c7c6)cc5)nc(-n5c6ccccc6c6ccc(-c7ccccc7)cc65)n4)c3c2)cc1. The summed E-state index contributed by atoms with van der Waals surface area (Å²) in [6.07, 6.45) is 0. The Morgan fingerprint density at radius 1 is 0.270 bits per heavy atom. The lowest BCUT2D eigenvalue weighted by Crippen LogP contribution is -2.10. The Labute approximate surface area is 366 Å². The molecule has 4 heterocycles. The van der Waals surface area contributed by atoms with E-state index in [9.17, 15) is 0 Å². The topological polar surface area (TPSA) is 48.5 Å². The summed E-state index contributed by atoms with van der Waals surface area (Å²) in [6.45, 7) is 0. The third kappa shape index (κ3) is 5.80. The van der Waals surface area contributed by atoms with Crippen LogP contribution < -0.4 is 0 Å². The first-order chi connectivity index (χ1) is 31.2. The van der Waals surface area contributed by atoms with Gasteiger partial charge in [0.1, 0.15) is 0 Å². The van der Waals surface area contributed by atoms with Crippen molar-refractivity contribution < 1.29 is 0 Å². The monoisotopic (exact) mass is 821 g/mol. The van der Waals surface area contributed by atoms with E-state index >= 15 is 0 Å². The molecule has 0 aliphatic heterocycles. The highest BCUT2D eigenvalue weighted by Gasteiger charge is 2.21. The number of nitrogens with zero attached hydrogens (tertiary/aromatic N) is 5. The zero-order valence-corrected chi connectivity index (χ0v) is 34.7. The molecule has 0 amide bonds. The summed E-state index contributed by atoms with van der Waals surface area (Å²) in [5.41, 5.74) is 11.9. The molecule has 0 aliphatic rings. The van der Waals surface area contributed by atoms with Crippen molar-refractivity contribution in [2.75, 3.05) is 0 Å². The summed E-state index contributed by atoms with van der Waals surface area (Å²) in [4.78, 5) is 16.2. The van der Waals surface area contributed by atoms with Gasteiger partial charge >= 0.3 is 0 Å². The molecule has 0 bridgehead atoms. The van der Waals surface area contributed by atoms with E-state index in [1.54, 1.807) is 0 Å². The molecule has 0 radical (unpaired) electrons. The molecule has 9 aromatic carbocycles. The second kappa shape index (κ2) is 14.2. The van der Waals surface area contributed by atoms with Crippen LogP contribution in [0.15, 0.2) is 212 Å². The van der Waals surface area contributed by atoms with Crippen LogP contribution in [0.5, 0.6) is 0 Å². The van der Waals surface area contributed by atoms with E-state index in [-0.39, 0.29) is 0 Å². The van der Waals surface area contributed by atoms with Gasteiger partial charge in [-0.25, -0.2) is 0 Å². The minimum Gasteiger partial charge on any atom is -0.278 e. The molecule has 294 valence electrons. The summed E-state index contributed by atoms with van der Waals surface area (Å²) in [6, 6.07) is 75.7. The Bertz CT molecular complexity index is 3720.